The Bertz CT molecular complexity index is 1150. The summed E-state index contributed by atoms with van der Waals surface area (Å²) in [6, 6.07) is 34.8. The minimum absolute atomic E-state index is 0.959. The zero-order valence-electron chi connectivity index (χ0n) is 16.8. The molecule has 0 saturated carbocycles. The lowest BCUT2D eigenvalue weighted by molar-refractivity contribution is 1.05. The molecule has 4 aromatic carbocycles. The third-order valence-corrected chi connectivity index (χ3v) is 5.72. The average molecular weight is 377 g/mol. The Balaban J connectivity index is 1.62. The van der Waals surface area contributed by atoms with E-state index in [1.807, 2.05) is 0 Å². The first-order valence-electron chi connectivity index (χ1n) is 10.1. The monoisotopic (exact) mass is 376 g/mol. The highest BCUT2D eigenvalue weighted by Gasteiger charge is 2.21. The van der Waals surface area contributed by atoms with Gasteiger partial charge in [0, 0.05) is 41.9 Å². The molecule has 0 bridgehead atoms. The van der Waals surface area contributed by atoms with Crippen LogP contribution in [0, 0.1) is 6.92 Å². The molecule has 0 N–H and O–H groups in total. The Labute approximate surface area is 172 Å². The lowest BCUT2D eigenvalue weighted by atomic mass is 9.95. The van der Waals surface area contributed by atoms with E-state index in [-0.39, 0.29) is 0 Å². The molecule has 5 rings (SSSR count). The van der Waals surface area contributed by atoms with Gasteiger partial charge in [-0.2, -0.15) is 0 Å². The van der Waals surface area contributed by atoms with Crippen LogP contribution in [-0.4, -0.2) is 7.05 Å². The predicted molar refractivity (Wildman–Crippen MR) is 123 cm³/mol. The minimum atomic E-state index is 0.959. The standard InChI is InChI=1S/C27H24N2/c1-20-12-14-24(15-13-20)29(23-9-4-3-5-10-23)25-16-17-27-22(19-25)18-21-8-6-7-11-26(21)28(27)2/h3-17,19H,18H2,1-2H3. The van der Waals surface area contributed by atoms with Gasteiger partial charge in [-0.25, -0.2) is 0 Å². The van der Waals surface area contributed by atoms with Crippen LogP contribution in [0.5, 0.6) is 0 Å². The molecule has 0 amide bonds. The molecule has 4 aromatic rings. The van der Waals surface area contributed by atoms with Crippen molar-refractivity contribution in [3.63, 3.8) is 0 Å². The maximum Gasteiger partial charge on any atom is 0.0465 e. The molecule has 0 aliphatic carbocycles. The molecule has 0 radical (unpaired) electrons. The third-order valence-electron chi connectivity index (χ3n) is 5.72. The smallest absolute Gasteiger partial charge is 0.0465 e. The molecule has 0 aromatic heterocycles. The first-order valence-corrected chi connectivity index (χ1v) is 10.1. The number of nitrogens with zero attached hydrogens (tertiary/aromatic N) is 2. The summed E-state index contributed by atoms with van der Waals surface area (Å²) in [4.78, 5) is 4.64. The maximum atomic E-state index is 2.34. The van der Waals surface area contributed by atoms with Gasteiger partial charge in [0.15, 0.2) is 0 Å². The van der Waals surface area contributed by atoms with E-state index in [2.05, 4.69) is 121 Å². The predicted octanol–water partition coefficient (Wildman–Crippen LogP) is 7.14. The van der Waals surface area contributed by atoms with Crippen molar-refractivity contribution in [1.82, 2.24) is 0 Å². The van der Waals surface area contributed by atoms with Crippen molar-refractivity contribution in [2.75, 3.05) is 16.8 Å². The Morgan fingerprint density at radius 2 is 1.24 bits per heavy atom. The Morgan fingerprint density at radius 3 is 2.03 bits per heavy atom. The minimum Gasteiger partial charge on any atom is -0.344 e. The van der Waals surface area contributed by atoms with Gasteiger partial charge < -0.3 is 9.80 Å². The first-order chi connectivity index (χ1) is 14.2. The molecular formula is C27H24N2. The van der Waals surface area contributed by atoms with E-state index >= 15 is 0 Å². The van der Waals surface area contributed by atoms with E-state index in [0.29, 0.717) is 0 Å². The zero-order chi connectivity index (χ0) is 19.8. The summed E-state index contributed by atoms with van der Waals surface area (Å²) in [7, 11) is 2.16. The fraction of sp³-hybridized carbons (Fsp3) is 0.111. The average Bonchev–Trinajstić information content (AvgIpc) is 2.76. The van der Waals surface area contributed by atoms with Gasteiger partial charge in [-0.05, 0) is 66.6 Å². The molecule has 2 nitrogen and oxygen atoms in total. The number of aryl methyl sites for hydroxylation is 1. The van der Waals surface area contributed by atoms with E-state index in [1.54, 1.807) is 0 Å². The number of para-hydroxylation sites is 2. The number of benzene rings is 4. The number of hydrogen-bond donors (Lipinski definition) is 0. The van der Waals surface area contributed by atoms with Crippen LogP contribution >= 0.6 is 0 Å². The molecule has 1 aliphatic rings. The third kappa shape index (κ3) is 3.17. The van der Waals surface area contributed by atoms with Crippen molar-refractivity contribution in [2.45, 2.75) is 13.3 Å². The molecule has 0 saturated heterocycles. The number of rotatable bonds is 3. The van der Waals surface area contributed by atoms with Gasteiger partial charge in [-0.15, -0.1) is 0 Å². The lowest BCUT2D eigenvalue weighted by Crippen LogP contribution is -2.19. The van der Waals surface area contributed by atoms with Crippen molar-refractivity contribution in [3.05, 3.63) is 114 Å². The molecule has 2 heteroatoms. The van der Waals surface area contributed by atoms with Crippen molar-refractivity contribution in [2.24, 2.45) is 0 Å². The number of hydrogen-bond acceptors (Lipinski definition) is 2. The molecule has 0 unspecified atom stereocenters. The molecule has 1 aliphatic heterocycles. The van der Waals surface area contributed by atoms with Crippen molar-refractivity contribution in [1.29, 1.82) is 0 Å². The van der Waals surface area contributed by atoms with Gasteiger partial charge in [-0.3, -0.25) is 0 Å². The number of fused-ring (bicyclic) bond motifs is 2. The molecule has 0 spiro atoms. The largest absolute Gasteiger partial charge is 0.344 e. The molecule has 29 heavy (non-hydrogen) atoms. The van der Waals surface area contributed by atoms with E-state index in [0.717, 1.165) is 6.42 Å². The molecule has 142 valence electrons. The van der Waals surface area contributed by atoms with Crippen LogP contribution in [0.25, 0.3) is 0 Å². The Kier molecular flexibility index (Phi) is 4.33. The lowest BCUT2D eigenvalue weighted by Gasteiger charge is -2.32. The maximum absolute atomic E-state index is 2.34. The van der Waals surface area contributed by atoms with Crippen LogP contribution in [0.1, 0.15) is 16.7 Å². The molecule has 1 heterocycles. The topological polar surface area (TPSA) is 6.48 Å². The van der Waals surface area contributed by atoms with Gasteiger partial charge in [-0.1, -0.05) is 54.1 Å². The van der Waals surface area contributed by atoms with Gasteiger partial charge in [0.25, 0.3) is 0 Å². The number of anilines is 5. The quantitative estimate of drug-likeness (QED) is 0.375. The summed E-state index contributed by atoms with van der Waals surface area (Å²) < 4.78 is 0. The Morgan fingerprint density at radius 1 is 0.621 bits per heavy atom. The second kappa shape index (κ2) is 7.14. The summed E-state index contributed by atoms with van der Waals surface area (Å²) >= 11 is 0. The van der Waals surface area contributed by atoms with Crippen LogP contribution in [0.4, 0.5) is 28.4 Å². The molecular weight excluding hydrogens is 352 g/mol. The summed E-state index contributed by atoms with van der Waals surface area (Å²) in [6.07, 6.45) is 0.959. The summed E-state index contributed by atoms with van der Waals surface area (Å²) in [5.41, 5.74) is 10.1. The second-order valence-electron chi connectivity index (χ2n) is 7.68. The van der Waals surface area contributed by atoms with Crippen LogP contribution in [0.15, 0.2) is 97.1 Å². The van der Waals surface area contributed by atoms with Crippen LogP contribution < -0.4 is 9.80 Å². The van der Waals surface area contributed by atoms with Crippen molar-refractivity contribution < 1.29 is 0 Å². The van der Waals surface area contributed by atoms with Gasteiger partial charge in [0.05, 0.1) is 0 Å². The summed E-state index contributed by atoms with van der Waals surface area (Å²) in [5, 5.41) is 0. The second-order valence-corrected chi connectivity index (χ2v) is 7.68. The molecule has 0 atom stereocenters. The SMILES string of the molecule is Cc1ccc(N(c2ccccc2)c2ccc3c(c2)Cc2ccccc2N3C)cc1. The fourth-order valence-electron chi connectivity index (χ4n) is 4.22. The highest BCUT2D eigenvalue weighted by atomic mass is 15.1. The zero-order valence-corrected chi connectivity index (χ0v) is 16.8. The van der Waals surface area contributed by atoms with Gasteiger partial charge in [0.1, 0.15) is 0 Å². The van der Waals surface area contributed by atoms with Crippen molar-refractivity contribution in [3.8, 4) is 0 Å². The van der Waals surface area contributed by atoms with Gasteiger partial charge in [0.2, 0.25) is 0 Å². The van der Waals surface area contributed by atoms with Gasteiger partial charge >= 0.3 is 0 Å². The fourth-order valence-corrected chi connectivity index (χ4v) is 4.22. The Hall–Kier alpha value is -3.52. The molecule has 0 fully saturated rings. The highest BCUT2D eigenvalue weighted by Crippen LogP contribution is 2.41. The van der Waals surface area contributed by atoms with E-state index in [9.17, 15) is 0 Å². The summed E-state index contributed by atoms with van der Waals surface area (Å²) in [6.45, 7) is 2.13. The van der Waals surface area contributed by atoms with Crippen LogP contribution in [0.2, 0.25) is 0 Å². The summed E-state index contributed by atoms with van der Waals surface area (Å²) in [5.74, 6) is 0. The van der Waals surface area contributed by atoms with Crippen LogP contribution in [0.3, 0.4) is 0 Å². The van der Waals surface area contributed by atoms with E-state index in [1.165, 1.54) is 45.1 Å². The first kappa shape index (κ1) is 17.6. The van der Waals surface area contributed by atoms with E-state index < -0.39 is 0 Å². The highest BCUT2D eigenvalue weighted by molar-refractivity contribution is 5.81. The van der Waals surface area contributed by atoms with E-state index in [4.69, 9.17) is 0 Å². The normalized spacial score (nSPS) is 12.3. The van der Waals surface area contributed by atoms with Crippen molar-refractivity contribution >= 4 is 28.4 Å². The van der Waals surface area contributed by atoms with Crippen LogP contribution in [-0.2, 0) is 6.42 Å².